The molecule has 7 heterocycles. The molecular formula is C63H45F15N6. The molecule has 0 saturated heterocycles. The van der Waals surface area contributed by atoms with Crippen molar-refractivity contribution in [3.63, 3.8) is 0 Å². The van der Waals surface area contributed by atoms with E-state index < -0.39 is 137 Å². The lowest BCUT2D eigenvalue weighted by Gasteiger charge is -2.36. The van der Waals surface area contributed by atoms with Crippen LogP contribution in [0.3, 0.4) is 0 Å². The SMILES string of the molecule is Fc1c(F)c(F)c(C2=C3C=CC(=N3)C3(CCCCC3)c3ccc([nH]3)/C(c3c(F)c(F)c(F)c(F)c3F)=C3/C=CC(=N3)C3(CCCCC3)C3=N/C(=C(/c4c(F)c(F)c(F)c(F)c4F)c4ccc([nH]4)C4(CCCCC4)c4ccc2[nH]4)C=C3)c(F)c1F. The monoisotopic (exact) mass is 1170 g/mol. The number of aliphatic imine (C=N–C) groups is 3. The third kappa shape index (κ3) is 8.12. The Kier molecular flexibility index (Phi) is 13.3. The van der Waals surface area contributed by atoms with E-state index in [9.17, 15) is 13.2 Å². The van der Waals surface area contributed by atoms with Crippen LogP contribution in [0.25, 0.3) is 16.7 Å². The van der Waals surface area contributed by atoms with Gasteiger partial charge in [0.05, 0.1) is 67.2 Å². The molecule has 6 aromatic rings. The number of fused-ring (bicyclic) bond motifs is 15. The van der Waals surface area contributed by atoms with Gasteiger partial charge < -0.3 is 15.0 Å². The lowest BCUT2D eigenvalue weighted by Crippen LogP contribution is -2.38. The van der Waals surface area contributed by atoms with E-state index in [0.29, 0.717) is 87.7 Å². The van der Waals surface area contributed by atoms with Crippen LogP contribution in [0.2, 0.25) is 0 Å². The Morgan fingerprint density at radius 2 is 0.500 bits per heavy atom. The van der Waals surface area contributed by atoms with Gasteiger partial charge in [-0.1, -0.05) is 57.8 Å². The number of nitrogens with zero attached hydrogens (tertiary/aromatic N) is 3. The van der Waals surface area contributed by atoms with Gasteiger partial charge in [-0.3, -0.25) is 15.0 Å². The van der Waals surface area contributed by atoms with Crippen LogP contribution in [0, 0.1) is 92.7 Å². The van der Waals surface area contributed by atoms with Gasteiger partial charge in [-0.05, 0) is 111 Å². The molecule has 0 unspecified atom stereocenters. The Hall–Kier alpha value is -8.10. The standard InChI is InChI=1S/C63H45F15N6/c64-46-43(47(65)53(71)58(76)52(46)70)40-28-10-16-34(79-28)61(22-4-1-5-23-61)35-17-11-29(80-35)41(44-48(66)54(72)59(77)55(73)49(44)67)31-13-19-37(82-31)63(26-8-3-9-27-63)39-21-15-33(84-39)42(45-50(68)56(74)60(78)57(75)51(45)69)32-14-20-38(83-32)62(24-6-2-7-25-62)36-18-12-30(40)81-36/h10-21,79-80,83H,1-9,22-27H2/b40-30?,41-31+,42-33+. The molecule has 3 aliphatic carbocycles. The van der Waals surface area contributed by atoms with E-state index in [0.717, 1.165) is 12.8 Å². The average Bonchev–Trinajstić information content (AvgIpc) is 2.11. The van der Waals surface area contributed by atoms with Gasteiger partial charge >= 0.3 is 0 Å². The molecule has 7 aliphatic rings. The average molecular weight is 1170 g/mol. The maximum atomic E-state index is 16.4. The molecule has 21 heteroatoms. The molecule has 3 aromatic carbocycles. The smallest absolute Gasteiger partial charge is 0.200 e. The van der Waals surface area contributed by atoms with Gasteiger partial charge in [0.2, 0.25) is 17.5 Å². The maximum Gasteiger partial charge on any atom is 0.200 e. The molecule has 12 bridgehead atoms. The largest absolute Gasteiger partial charge is 0.358 e. The van der Waals surface area contributed by atoms with Gasteiger partial charge in [0, 0.05) is 50.9 Å². The summed E-state index contributed by atoms with van der Waals surface area (Å²) in [6.07, 6.45) is 15.8. The summed E-state index contributed by atoms with van der Waals surface area (Å²) in [5.41, 5.74) is -9.07. The first kappa shape index (κ1) is 55.1. The van der Waals surface area contributed by atoms with Crippen LogP contribution in [0.1, 0.15) is 147 Å². The molecular weight excluding hydrogens is 1130 g/mol. The number of allylic oxidation sites excluding steroid dienone is 6. The van der Waals surface area contributed by atoms with Crippen LogP contribution in [0.4, 0.5) is 65.9 Å². The van der Waals surface area contributed by atoms with Crippen LogP contribution in [-0.4, -0.2) is 32.1 Å². The molecule has 3 aromatic heterocycles. The lowest BCUT2D eigenvalue weighted by molar-refractivity contribution is 0.333. The summed E-state index contributed by atoms with van der Waals surface area (Å²) in [6.45, 7) is 0. The second kappa shape index (κ2) is 20.3. The fraction of sp³-hybridized carbons (Fsp3) is 0.286. The van der Waals surface area contributed by atoms with Gasteiger partial charge in [0.25, 0.3) is 0 Å². The van der Waals surface area contributed by atoms with Crippen molar-refractivity contribution in [2.45, 2.75) is 107 Å². The number of halogens is 15. The maximum absolute atomic E-state index is 16.4. The fourth-order valence-corrected chi connectivity index (χ4v) is 13.9. The number of hydrogen-bond acceptors (Lipinski definition) is 3. The molecule has 4 aliphatic heterocycles. The first-order chi connectivity index (χ1) is 40.3. The van der Waals surface area contributed by atoms with Crippen LogP contribution in [0.15, 0.2) is 105 Å². The summed E-state index contributed by atoms with van der Waals surface area (Å²) >= 11 is 0. The zero-order valence-electron chi connectivity index (χ0n) is 44.0. The Morgan fingerprint density at radius 1 is 0.262 bits per heavy atom. The normalized spacial score (nSPS) is 21.5. The van der Waals surface area contributed by atoms with E-state index in [2.05, 4.69) is 15.0 Å². The van der Waals surface area contributed by atoms with Crippen LogP contribution in [0.5, 0.6) is 0 Å². The second-order valence-electron chi connectivity index (χ2n) is 22.4. The Morgan fingerprint density at radius 3 is 0.798 bits per heavy atom. The summed E-state index contributed by atoms with van der Waals surface area (Å²) in [7, 11) is 0. The van der Waals surface area contributed by atoms with E-state index in [1.165, 1.54) is 60.7 Å². The third-order valence-corrected chi connectivity index (χ3v) is 18.1. The first-order valence-electron chi connectivity index (χ1n) is 27.5. The Labute approximate surface area is 468 Å². The molecule has 0 radical (unpaired) electrons. The molecule has 3 saturated carbocycles. The minimum atomic E-state index is -2.43. The molecule has 0 amide bonds. The molecule has 3 spiro atoms. The molecule has 13 rings (SSSR count). The molecule has 3 N–H and O–H groups in total. The number of hydrogen-bond donors (Lipinski definition) is 3. The van der Waals surface area contributed by atoms with Crippen molar-refractivity contribution in [1.29, 1.82) is 0 Å². The third-order valence-electron chi connectivity index (χ3n) is 18.1. The minimum absolute atomic E-state index is 0.175. The van der Waals surface area contributed by atoms with Gasteiger partial charge in [0.1, 0.15) is 0 Å². The molecule has 84 heavy (non-hydrogen) atoms. The van der Waals surface area contributed by atoms with E-state index in [-0.39, 0.29) is 64.1 Å². The van der Waals surface area contributed by atoms with E-state index in [1.54, 1.807) is 12.1 Å². The quantitative estimate of drug-likeness (QED) is 0.0896. The lowest BCUT2D eigenvalue weighted by atomic mass is 9.67. The van der Waals surface area contributed by atoms with Crippen molar-refractivity contribution < 1.29 is 65.9 Å². The zero-order valence-corrected chi connectivity index (χ0v) is 44.0. The van der Waals surface area contributed by atoms with Gasteiger partial charge in [-0.15, -0.1) is 0 Å². The minimum Gasteiger partial charge on any atom is -0.358 e. The van der Waals surface area contributed by atoms with Crippen molar-refractivity contribution in [2.24, 2.45) is 20.4 Å². The van der Waals surface area contributed by atoms with Gasteiger partial charge in [-0.25, -0.2) is 65.9 Å². The van der Waals surface area contributed by atoms with Crippen LogP contribution < -0.4 is 0 Å². The number of rotatable bonds is 3. The molecule has 432 valence electrons. The van der Waals surface area contributed by atoms with E-state index in [1.807, 2.05) is 0 Å². The van der Waals surface area contributed by atoms with Gasteiger partial charge in [0.15, 0.2) is 69.8 Å². The number of benzene rings is 3. The molecule has 0 atom stereocenters. The Bertz CT molecular complexity index is 4050. The molecule has 3 fully saturated rings. The van der Waals surface area contributed by atoms with Crippen LogP contribution in [-0.2, 0) is 10.8 Å². The van der Waals surface area contributed by atoms with E-state index >= 15 is 52.7 Å². The van der Waals surface area contributed by atoms with Crippen molar-refractivity contribution in [3.05, 3.63) is 228 Å². The number of aromatic amines is 3. The topological polar surface area (TPSA) is 84.4 Å². The zero-order chi connectivity index (χ0) is 58.9. The summed E-state index contributed by atoms with van der Waals surface area (Å²) in [5.74, 6) is -33.9. The highest BCUT2D eigenvalue weighted by molar-refractivity contribution is 6.23. The van der Waals surface area contributed by atoms with E-state index in [4.69, 9.17) is 15.0 Å². The van der Waals surface area contributed by atoms with Crippen LogP contribution >= 0.6 is 0 Å². The second-order valence-corrected chi connectivity index (χ2v) is 22.4. The summed E-state index contributed by atoms with van der Waals surface area (Å²) < 4.78 is 236. The summed E-state index contributed by atoms with van der Waals surface area (Å²) in [5, 5.41) is 0. The van der Waals surface area contributed by atoms with Gasteiger partial charge in [-0.2, -0.15) is 0 Å². The van der Waals surface area contributed by atoms with Crippen molar-refractivity contribution in [3.8, 4) is 0 Å². The van der Waals surface area contributed by atoms with Crippen molar-refractivity contribution in [2.75, 3.05) is 0 Å². The summed E-state index contributed by atoms with van der Waals surface area (Å²) in [4.78, 5) is 24.3. The highest BCUT2D eigenvalue weighted by Crippen LogP contribution is 2.51. The fourth-order valence-electron chi connectivity index (χ4n) is 13.9. The van der Waals surface area contributed by atoms with Crippen molar-refractivity contribution in [1.82, 2.24) is 15.0 Å². The Balaban J connectivity index is 1.13. The highest BCUT2D eigenvalue weighted by Gasteiger charge is 2.46. The number of nitrogens with one attached hydrogen (secondary N) is 3. The summed E-state index contributed by atoms with van der Waals surface area (Å²) in [6, 6.07) is 8.72. The van der Waals surface area contributed by atoms with Crippen molar-refractivity contribution >= 4 is 33.9 Å². The number of aromatic nitrogens is 3. The predicted molar refractivity (Wildman–Crippen MR) is 283 cm³/mol. The first-order valence-corrected chi connectivity index (χ1v) is 27.5. The predicted octanol–water partition coefficient (Wildman–Crippen LogP) is 17.2. The number of H-pyrrole nitrogens is 3. The highest BCUT2D eigenvalue weighted by atomic mass is 19.2. The molecule has 6 nitrogen and oxygen atoms in total.